The van der Waals surface area contributed by atoms with Crippen LogP contribution in [-0.4, -0.2) is 18.5 Å². The third kappa shape index (κ3) is 6.04. The second kappa shape index (κ2) is 10.2. The summed E-state index contributed by atoms with van der Waals surface area (Å²) in [6.45, 7) is 1.61. The third-order valence-electron chi connectivity index (χ3n) is 4.82. The Kier molecular flexibility index (Phi) is 7.17. The van der Waals surface area contributed by atoms with E-state index in [9.17, 15) is 9.59 Å². The van der Waals surface area contributed by atoms with E-state index in [0.717, 1.165) is 16.7 Å². The molecule has 0 unspecified atom stereocenters. The molecule has 3 aromatic rings. The molecule has 0 saturated heterocycles. The highest BCUT2D eigenvalue weighted by molar-refractivity contribution is 5.81. The van der Waals surface area contributed by atoms with Crippen LogP contribution < -0.4 is 5.32 Å². The Bertz CT molecular complexity index is 871. The smallest absolute Gasteiger partial charge is 0.307 e. The minimum atomic E-state index is -0.398. The van der Waals surface area contributed by atoms with Crippen LogP contribution in [0.25, 0.3) is 0 Å². The van der Waals surface area contributed by atoms with Gasteiger partial charge < -0.3 is 10.1 Å². The summed E-state index contributed by atoms with van der Waals surface area (Å²) in [4.78, 5) is 24.6. The van der Waals surface area contributed by atoms with Crippen molar-refractivity contribution >= 4 is 11.9 Å². The number of hydrogen-bond donors (Lipinski definition) is 1. The molecular weight excluding hydrogens is 362 g/mol. The van der Waals surface area contributed by atoms with Gasteiger partial charge in [0.1, 0.15) is 0 Å². The third-order valence-corrected chi connectivity index (χ3v) is 4.82. The Morgan fingerprint density at radius 2 is 1.21 bits per heavy atom. The number of nitrogens with one attached hydrogen (secondary N) is 1. The van der Waals surface area contributed by atoms with Gasteiger partial charge in [-0.1, -0.05) is 91.0 Å². The SMILES string of the molecule is C[C@@H](NC(=O)COC(=O)CC(c1ccccc1)c1ccccc1)c1ccccc1. The number of esters is 1. The molecule has 0 bridgehead atoms. The van der Waals surface area contributed by atoms with Crippen molar-refractivity contribution in [1.29, 1.82) is 0 Å². The van der Waals surface area contributed by atoms with E-state index in [4.69, 9.17) is 4.74 Å². The first-order chi connectivity index (χ1) is 14.1. The highest BCUT2D eigenvalue weighted by Crippen LogP contribution is 2.28. The summed E-state index contributed by atoms with van der Waals surface area (Å²) in [5, 5.41) is 2.85. The van der Waals surface area contributed by atoms with Crippen LogP contribution in [-0.2, 0) is 14.3 Å². The van der Waals surface area contributed by atoms with Crippen LogP contribution in [0.15, 0.2) is 91.0 Å². The molecule has 3 aromatic carbocycles. The van der Waals surface area contributed by atoms with E-state index >= 15 is 0 Å². The van der Waals surface area contributed by atoms with Crippen LogP contribution in [0.4, 0.5) is 0 Å². The minimum absolute atomic E-state index is 0.115. The lowest BCUT2D eigenvalue weighted by molar-refractivity contribution is -0.148. The number of carbonyl (C=O) groups excluding carboxylic acids is 2. The zero-order chi connectivity index (χ0) is 20.5. The molecule has 0 aliphatic heterocycles. The van der Waals surface area contributed by atoms with Gasteiger partial charge in [0.25, 0.3) is 5.91 Å². The number of rotatable bonds is 8. The second-order valence-corrected chi connectivity index (χ2v) is 6.94. The maximum Gasteiger partial charge on any atom is 0.307 e. The summed E-state index contributed by atoms with van der Waals surface area (Å²) in [7, 11) is 0. The van der Waals surface area contributed by atoms with E-state index in [0.29, 0.717) is 0 Å². The Morgan fingerprint density at radius 1 is 0.759 bits per heavy atom. The first-order valence-corrected chi connectivity index (χ1v) is 9.73. The van der Waals surface area contributed by atoms with Crippen molar-refractivity contribution in [2.24, 2.45) is 0 Å². The largest absolute Gasteiger partial charge is 0.456 e. The molecule has 1 N–H and O–H groups in total. The quantitative estimate of drug-likeness (QED) is 0.574. The van der Waals surface area contributed by atoms with Gasteiger partial charge in [0.05, 0.1) is 12.5 Å². The number of carbonyl (C=O) groups is 2. The van der Waals surface area contributed by atoms with Crippen LogP contribution in [0.1, 0.15) is 42.0 Å². The first kappa shape index (κ1) is 20.3. The molecule has 148 valence electrons. The molecule has 3 rings (SSSR count). The van der Waals surface area contributed by atoms with E-state index in [-0.39, 0.29) is 30.9 Å². The molecule has 1 amide bonds. The zero-order valence-electron chi connectivity index (χ0n) is 16.5. The Balaban J connectivity index is 1.57. The Hall–Kier alpha value is -3.40. The summed E-state index contributed by atoms with van der Waals surface area (Å²) in [5.41, 5.74) is 3.08. The van der Waals surface area contributed by atoms with Crippen molar-refractivity contribution in [2.75, 3.05) is 6.61 Å². The van der Waals surface area contributed by atoms with Crippen LogP contribution in [0, 0.1) is 0 Å². The molecule has 4 heteroatoms. The highest BCUT2D eigenvalue weighted by atomic mass is 16.5. The number of hydrogen-bond acceptors (Lipinski definition) is 3. The predicted octanol–water partition coefficient (Wildman–Crippen LogP) is 4.63. The Morgan fingerprint density at radius 3 is 1.69 bits per heavy atom. The summed E-state index contributed by atoms with van der Waals surface area (Å²) in [6, 6.07) is 29.2. The van der Waals surface area contributed by atoms with E-state index in [2.05, 4.69) is 5.32 Å². The second-order valence-electron chi connectivity index (χ2n) is 6.94. The highest BCUT2D eigenvalue weighted by Gasteiger charge is 2.20. The molecule has 0 spiro atoms. The standard InChI is InChI=1S/C25H25NO3/c1-19(20-11-5-2-6-12-20)26-24(27)18-29-25(28)17-23(21-13-7-3-8-14-21)22-15-9-4-10-16-22/h2-16,19,23H,17-18H2,1H3,(H,26,27)/t19-/m1/s1. The van der Waals surface area contributed by atoms with Gasteiger partial charge in [0.15, 0.2) is 6.61 Å². The van der Waals surface area contributed by atoms with Crippen molar-refractivity contribution in [3.63, 3.8) is 0 Å². The van der Waals surface area contributed by atoms with Crippen molar-refractivity contribution in [2.45, 2.75) is 25.3 Å². The van der Waals surface area contributed by atoms with Gasteiger partial charge in [0.2, 0.25) is 0 Å². The summed E-state index contributed by atoms with van der Waals surface area (Å²) in [6.07, 6.45) is 0.176. The molecule has 0 fully saturated rings. The van der Waals surface area contributed by atoms with Gasteiger partial charge >= 0.3 is 5.97 Å². The van der Waals surface area contributed by atoms with Gasteiger partial charge in [0, 0.05) is 5.92 Å². The maximum atomic E-state index is 12.5. The van der Waals surface area contributed by atoms with Gasteiger partial charge in [-0.15, -0.1) is 0 Å². The van der Waals surface area contributed by atoms with Crippen LogP contribution in [0.2, 0.25) is 0 Å². The van der Waals surface area contributed by atoms with Gasteiger partial charge in [-0.2, -0.15) is 0 Å². The summed E-state index contributed by atoms with van der Waals surface area (Å²) < 4.78 is 5.26. The van der Waals surface area contributed by atoms with Crippen molar-refractivity contribution in [3.05, 3.63) is 108 Å². The van der Waals surface area contributed by atoms with E-state index < -0.39 is 5.97 Å². The minimum Gasteiger partial charge on any atom is -0.456 e. The average Bonchev–Trinajstić information content (AvgIpc) is 2.78. The lowest BCUT2D eigenvalue weighted by Gasteiger charge is -2.18. The molecule has 0 aliphatic carbocycles. The fourth-order valence-electron chi connectivity index (χ4n) is 3.28. The normalized spacial score (nSPS) is 11.7. The number of ether oxygens (including phenoxy) is 1. The maximum absolute atomic E-state index is 12.5. The summed E-state index contributed by atoms with van der Waals surface area (Å²) >= 11 is 0. The van der Waals surface area contributed by atoms with Crippen molar-refractivity contribution < 1.29 is 14.3 Å². The van der Waals surface area contributed by atoms with E-state index in [1.54, 1.807) is 0 Å². The summed E-state index contributed by atoms with van der Waals surface area (Å²) in [5.74, 6) is -0.827. The zero-order valence-corrected chi connectivity index (χ0v) is 16.5. The molecule has 4 nitrogen and oxygen atoms in total. The van der Waals surface area contributed by atoms with Gasteiger partial charge in [-0.05, 0) is 23.6 Å². The lowest BCUT2D eigenvalue weighted by atomic mass is 9.89. The first-order valence-electron chi connectivity index (χ1n) is 9.73. The lowest BCUT2D eigenvalue weighted by Crippen LogP contribution is -2.31. The Labute approximate surface area is 171 Å². The molecular formula is C25H25NO3. The van der Waals surface area contributed by atoms with E-state index in [1.807, 2.05) is 97.9 Å². The number of amides is 1. The fraction of sp³-hybridized carbons (Fsp3) is 0.200. The van der Waals surface area contributed by atoms with Crippen molar-refractivity contribution in [1.82, 2.24) is 5.32 Å². The van der Waals surface area contributed by atoms with Crippen molar-refractivity contribution in [3.8, 4) is 0 Å². The van der Waals surface area contributed by atoms with E-state index in [1.165, 1.54) is 0 Å². The average molecular weight is 387 g/mol. The van der Waals surface area contributed by atoms with Crippen LogP contribution >= 0.6 is 0 Å². The van der Waals surface area contributed by atoms with Gasteiger partial charge in [-0.3, -0.25) is 9.59 Å². The fourth-order valence-corrected chi connectivity index (χ4v) is 3.28. The molecule has 0 heterocycles. The molecule has 29 heavy (non-hydrogen) atoms. The molecule has 0 radical (unpaired) electrons. The van der Waals surface area contributed by atoms with Gasteiger partial charge in [-0.25, -0.2) is 0 Å². The molecule has 0 aromatic heterocycles. The number of benzene rings is 3. The topological polar surface area (TPSA) is 55.4 Å². The van der Waals surface area contributed by atoms with Crippen LogP contribution in [0.3, 0.4) is 0 Å². The van der Waals surface area contributed by atoms with Crippen LogP contribution in [0.5, 0.6) is 0 Å². The monoisotopic (exact) mass is 387 g/mol. The molecule has 0 saturated carbocycles. The molecule has 1 atom stereocenters. The predicted molar refractivity (Wildman–Crippen MR) is 113 cm³/mol. The molecule has 0 aliphatic rings.